The first-order valence-electron chi connectivity index (χ1n) is 9.55. The van der Waals surface area contributed by atoms with Crippen molar-refractivity contribution >= 4 is 17.8 Å². The molecule has 3 aliphatic carbocycles. The first-order valence-corrected chi connectivity index (χ1v) is 9.55. The van der Waals surface area contributed by atoms with E-state index in [1.807, 2.05) is 13.1 Å². The SMILES string of the molecule is Cn1nc(C2CC2)cc1NC(=O)NC1CC(N(CC(=O)O)CC2CC2)C1. The number of aryl methyl sites for hydroxylation is 1. The van der Waals surface area contributed by atoms with Gasteiger partial charge < -0.3 is 10.4 Å². The molecule has 0 aromatic carbocycles. The molecule has 0 aliphatic heterocycles. The number of carboxylic acid groups (broad SMARTS) is 1. The van der Waals surface area contributed by atoms with Gasteiger partial charge in [-0.25, -0.2) is 4.79 Å². The van der Waals surface area contributed by atoms with E-state index in [9.17, 15) is 9.59 Å². The van der Waals surface area contributed by atoms with Gasteiger partial charge in [0.2, 0.25) is 0 Å². The summed E-state index contributed by atoms with van der Waals surface area (Å²) in [5.41, 5.74) is 1.05. The molecule has 142 valence electrons. The molecule has 0 atom stereocenters. The highest BCUT2D eigenvalue weighted by molar-refractivity contribution is 5.88. The number of hydrogen-bond acceptors (Lipinski definition) is 4. The molecule has 0 unspecified atom stereocenters. The number of rotatable bonds is 8. The van der Waals surface area contributed by atoms with Crippen molar-refractivity contribution in [1.82, 2.24) is 20.0 Å². The second-order valence-electron chi connectivity index (χ2n) is 8.04. The molecule has 8 nitrogen and oxygen atoms in total. The summed E-state index contributed by atoms with van der Waals surface area (Å²) < 4.78 is 1.71. The van der Waals surface area contributed by atoms with E-state index in [0.717, 1.165) is 25.1 Å². The lowest BCUT2D eigenvalue weighted by molar-refractivity contribution is -0.139. The number of nitrogens with one attached hydrogen (secondary N) is 2. The molecule has 4 rings (SSSR count). The summed E-state index contributed by atoms with van der Waals surface area (Å²) in [5.74, 6) is 1.15. The largest absolute Gasteiger partial charge is 0.480 e. The highest BCUT2D eigenvalue weighted by Gasteiger charge is 2.37. The third-order valence-electron chi connectivity index (χ3n) is 5.63. The Bertz CT molecular complexity index is 689. The molecule has 0 saturated heterocycles. The summed E-state index contributed by atoms with van der Waals surface area (Å²) in [4.78, 5) is 25.4. The number of carboxylic acids is 1. The summed E-state index contributed by atoms with van der Waals surface area (Å²) in [5, 5.41) is 19.4. The first kappa shape index (κ1) is 17.3. The van der Waals surface area contributed by atoms with Crippen LogP contribution in [0, 0.1) is 5.92 Å². The Morgan fingerprint density at radius 1 is 1.31 bits per heavy atom. The van der Waals surface area contributed by atoms with Gasteiger partial charge in [-0.05, 0) is 44.4 Å². The Hall–Kier alpha value is -2.09. The average Bonchev–Trinajstić information content (AvgIpc) is 3.42. The molecule has 0 radical (unpaired) electrons. The van der Waals surface area contributed by atoms with Crippen LogP contribution >= 0.6 is 0 Å². The molecule has 0 bridgehead atoms. The zero-order valence-electron chi connectivity index (χ0n) is 15.1. The zero-order valence-corrected chi connectivity index (χ0v) is 15.1. The van der Waals surface area contributed by atoms with Crippen LogP contribution in [0.4, 0.5) is 10.6 Å². The molecule has 26 heavy (non-hydrogen) atoms. The number of carbonyl (C=O) groups is 2. The van der Waals surface area contributed by atoms with Crippen molar-refractivity contribution in [3.63, 3.8) is 0 Å². The Morgan fingerprint density at radius 3 is 2.65 bits per heavy atom. The van der Waals surface area contributed by atoms with Crippen molar-refractivity contribution < 1.29 is 14.7 Å². The van der Waals surface area contributed by atoms with Gasteiger partial charge in [-0.2, -0.15) is 5.10 Å². The predicted octanol–water partition coefficient (Wildman–Crippen LogP) is 1.75. The molecule has 0 spiro atoms. The van der Waals surface area contributed by atoms with Crippen LogP contribution in [-0.2, 0) is 11.8 Å². The Morgan fingerprint density at radius 2 is 2.04 bits per heavy atom. The predicted molar refractivity (Wildman–Crippen MR) is 96.1 cm³/mol. The van der Waals surface area contributed by atoms with Crippen LogP contribution in [0.2, 0.25) is 0 Å². The minimum atomic E-state index is -0.775. The van der Waals surface area contributed by atoms with Crippen LogP contribution in [-0.4, -0.2) is 57.0 Å². The lowest BCUT2D eigenvalue weighted by Gasteiger charge is -2.42. The molecular formula is C18H27N5O3. The summed E-state index contributed by atoms with van der Waals surface area (Å²) in [7, 11) is 1.84. The van der Waals surface area contributed by atoms with Gasteiger partial charge in [0, 0.05) is 37.7 Å². The van der Waals surface area contributed by atoms with Gasteiger partial charge in [0.1, 0.15) is 5.82 Å². The molecule has 8 heteroatoms. The number of urea groups is 1. The molecule has 3 fully saturated rings. The van der Waals surface area contributed by atoms with Crippen LogP contribution in [0.25, 0.3) is 0 Å². The van der Waals surface area contributed by atoms with Crippen LogP contribution in [0.15, 0.2) is 6.07 Å². The van der Waals surface area contributed by atoms with Crippen molar-refractivity contribution in [3.05, 3.63) is 11.8 Å². The van der Waals surface area contributed by atoms with Crippen LogP contribution in [0.1, 0.15) is 50.1 Å². The summed E-state index contributed by atoms with van der Waals surface area (Å²) in [6.45, 7) is 0.966. The molecule has 2 amide bonds. The lowest BCUT2D eigenvalue weighted by atomic mass is 9.85. The monoisotopic (exact) mass is 361 g/mol. The van der Waals surface area contributed by atoms with E-state index >= 15 is 0 Å². The van der Waals surface area contributed by atoms with Gasteiger partial charge in [-0.3, -0.25) is 19.7 Å². The van der Waals surface area contributed by atoms with Gasteiger partial charge in [0.25, 0.3) is 0 Å². The molecule has 1 heterocycles. The average molecular weight is 361 g/mol. The van der Waals surface area contributed by atoms with Crippen molar-refractivity contribution in [2.75, 3.05) is 18.4 Å². The number of hydrogen-bond donors (Lipinski definition) is 3. The molecular weight excluding hydrogens is 334 g/mol. The topological polar surface area (TPSA) is 99.5 Å². The van der Waals surface area contributed by atoms with Gasteiger partial charge in [-0.1, -0.05) is 0 Å². The first-order chi connectivity index (χ1) is 12.5. The third kappa shape index (κ3) is 4.17. The minimum Gasteiger partial charge on any atom is -0.480 e. The number of nitrogens with zero attached hydrogens (tertiary/aromatic N) is 3. The maximum absolute atomic E-state index is 12.2. The summed E-state index contributed by atoms with van der Waals surface area (Å²) in [6, 6.07) is 2.10. The smallest absolute Gasteiger partial charge is 0.320 e. The van der Waals surface area contributed by atoms with Crippen LogP contribution in [0.5, 0.6) is 0 Å². The second kappa shape index (κ2) is 6.90. The highest BCUT2D eigenvalue weighted by atomic mass is 16.4. The highest BCUT2D eigenvalue weighted by Crippen LogP contribution is 2.40. The van der Waals surface area contributed by atoms with E-state index in [0.29, 0.717) is 17.7 Å². The van der Waals surface area contributed by atoms with E-state index in [2.05, 4.69) is 20.6 Å². The van der Waals surface area contributed by atoms with E-state index in [1.54, 1.807) is 4.68 Å². The lowest BCUT2D eigenvalue weighted by Crippen LogP contribution is -2.56. The van der Waals surface area contributed by atoms with Crippen molar-refractivity contribution in [2.45, 2.75) is 56.5 Å². The third-order valence-corrected chi connectivity index (χ3v) is 5.63. The normalized spacial score (nSPS) is 25.0. The Kier molecular flexibility index (Phi) is 4.60. The van der Waals surface area contributed by atoms with Gasteiger partial charge in [0.05, 0.1) is 12.2 Å². The molecule has 1 aromatic rings. The molecule has 1 aromatic heterocycles. The van der Waals surface area contributed by atoms with Gasteiger partial charge in [0.15, 0.2) is 0 Å². The Balaban J connectivity index is 1.23. The van der Waals surface area contributed by atoms with E-state index < -0.39 is 5.97 Å². The maximum atomic E-state index is 12.2. The van der Waals surface area contributed by atoms with Crippen LogP contribution in [0.3, 0.4) is 0 Å². The zero-order chi connectivity index (χ0) is 18.3. The summed E-state index contributed by atoms with van der Waals surface area (Å²) >= 11 is 0. The van der Waals surface area contributed by atoms with Crippen molar-refractivity contribution in [1.29, 1.82) is 0 Å². The molecule has 3 N–H and O–H groups in total. The van der Waals surface area contributed by atoms with Crippen LogP contribution < -0.4 is 10.6 Å². The second-order valence-corrected chi connectivity index (χ2v) is 8.04. The van der Waals surface area contributed by atoms with Crippen molar-refractivity contribution in [3.8, 4) is 0 Å². The number of carbonyl (C=O) groups excluding carboxylic acids is 1. The number of amides is 2. The minimum absolute atomic E-state index is 0.0963. The van der Waals surface area contributed by atoms with Gasteiger partial charge >= 0.3 is 12.0 Å². The van der Waals surface area contributed by atoms with E-state index in [-0.39, 0.29) is 24.7 Å². The molecule has 3 aliphatic rings. The molecule has 3 saturated carbocycles. The fraction of sp³-hybridized carbons (Fsp3) is 0.722. The summed E-state index contributed by atoms with van der Waals surface area (Å²) in [6.07, 6.45) is 6.40. The van der Waals surface area contributed by atoms with Gasteiger partial charge in [-0.15, -0.1) is 0 Å². The quantitative estimate of drug-likeness (QED) is 0.655. The van der Waals surface area contributed by atoms with E-state index in [1.165, 1.54) is 25.7 Å². The fourth-order valence-corrected chi connectivity index (χ4v) is 3.68. The number of aliphatic carboxylic acids is 1. The van der Waals surface area contributed by atoms with Crippen molar-refractivity contribution in [2.24, 2.45) is 13.0 Å². The van der Waals surface area contributed by atoms with E-state index in [4.69, 9.17) is 5.11 Å². The number of aromatic nitrogens is 2. The standard InChI is InChI=1S/C18H27N5O3/c1-22-16(8-15(21-22)12-4-5-12)20-18(26)19-13-6-14(7-13)23(10-17(24)25)9-11-2-3-11/h8,11-14H,2-7,9-10H2,1H3,(H,24,25)(H2,19,20,26). The Labute approximate surface area is 152 Å². The fourth-order valence-electron chi connectivity index (χ4n) is 3.68. The maximum Gasteiger partial charge on any atom is 0.320 e. The number of anilines is 1.